The van der Waals surface area contributed by atoms with Crippen molar-refractivity contribution in [3.63, 3.8) is 0 Å². The molecule has 1 aromatic heterocycles. The molecule has 0 saturated carbocycles. The van der Waals surface area contributed by atoms with Crippen LogP contribution in [-0.2, 0) is 0 Å². The molecule has 0 aliphatic rings. The van der Waals surface area contributed by atoms with Gasteiger partial charge in [-0.1, -0.05) is 32.0 Å². The van der Waals surface area contributed by atoms with Crippen molar-refractivity contribution in [1.29, 1.82) is 0 Å². The van der Waals surface area contributed by atoms with Crippen molar-refractivity contribution >= 4 is 23.1 Å². The molecule has 3 rings (SSSR count). The van der Waals surface area contributed by atoms with E-state index in [1.165, 1.54) is 0 Å². The summed E-state index contributed by atoms with van der Waals surface area (Å²) in [7, 11) is 1.61. The second-order valence-corrected chi connectivity index (χ2v) is 7.33. The molecule has 0 unspecified atom stereocenters. The van der Waals surface area contributed by atoms with Crippen molar-refractivity contribution in [2.45, 2.75) is 26.8 Å². The molecular weight excluding hydrogens is 360 g/mol. The number of aromatic nitrogens is 2. The van der Waals surface area contributed by atoms with E-state index in [0.717, 1.165) is 11.1 Å². The molecule has 0 saturated heterocycles. The van der Waals surface area contributed by atoms with Gasteiger partial charge in [0, 0.05) is 0 Å². The number of methoxy groups -OCH3 is 1. The smallest absolute Gasteiger partial charge is 0.262 e. The van der Waals surface area contributed by atoms with Crippen molar-refractivity contribution in [2.75, 3.05) is 13.7 Å². The first-order valence-electron chi connectivity index (χ1n) is 8.96. The molecule has 0 amide bonds. The number of aromatic amines is 1. The maximum atomic E-state index is 13.0. The van der Waals surface area contributed by atoms with Crippen LogP contribution >= 0.6 is 12.2 Å². The number of fused-ring (bicyclic) bond motifs is 1. The Morgan fingerprint density at radius 1 is 1.11 bits per heavy atom. The van der Waals surface area contributed by atoms with Crippen molar-refractivity contribution in [2.24, 2.45) is 5.92 Å². The van der Waals surface area contributed by atoms with Gasteiger partial charge in [0.2, 0.25) is 0 Å². The van der Waals surface area contributed by atoms with Crippen LogP contribution in [0.3, 0.4) is 0 Å². The Morgan fingerprint density at radius 2 is 1.85 bits per heavy atom. The Labute approximate surface area is 163 Å². The van der Waals surface area contributed by atoms with Gasteiger partial charge in [-0.2, -0.15) is 0 Å². The standard InChI is InChI=1S/C21H24N2O3S/c1-13(2)12-26-18-10-9-15(11-19(18)25-4)14(3)23-20(24)16-7-5-6-8-17(16)22-21(23)27/h5-11,13-14H,12H2,1-4H3,(H,22,27)/t14-/m1/s1. The molecule has 2 aromatic carbocycles. The lowest BCUT2D eigenvalue weighted by molar-refractivity contribution is 0.256. The molecule has 1 heterocycles. The Kier molecular flexibility index (Phi) is 5.65. The molecule has 142 valence electrons. The van der Waals surface area contributed by atoms with E-state index in [1.54, 1.807) is 17.7 Å². The molecule has 0 radical (unpaired) electrons. The highest BCUT2D eigenvalue weighted by Crippen LogP contribution is 2.31. The Balaban J connectivity index is 2.03. The minimum atomic E-state index is -0.251. The molecule has 0 aliphatic carbocycles. The highest BCUT2D eigenvalue weighted by Gasteiger charge is 2.16. The molecule has 6 heteroatoms. The summed E-state index contributed by atoms with van der Waals surface area (Å²) in [4.78, 5) is 16.1. The second kappa shape index (κ2) is 7.96. The quantitative estimate of drug-likeness (QED) is 0.625. The molecule has 3 aromatic rings. The fourth-order valence-electron chi connectivity index (χ4n) is 3.00. The number of hydrogen-bond acceptors (Lipinski definition) is 4. The highest BCUT2D eigenvalue weighted by atomic mass is 32.1. The van der Waals surface area contributed by atoms with Gasteiger partial charge in [-0.15, -0.1) is 0 Å². The Hall–Kier alpha value is -2.60. The summed E-state index contributed by atoms with van der Waals surface area (Å²) >= 11 is 5.45. The van der Waals surface area contributed by atoms with Gasteiger partial charge in [0.05, 0.1) is 30.7 Å². The zero-order valence-corrected chi connectivity index (χ0v) is 16.8. The molecule has 27 heavy (non-hydrogen) atoms. The van der Waals surface area contributed by atoms with Gasteiger partial charge in [0.25, 0.3) is 5.56 Å². The predicted octanol–water partition coefficient (Wildman–Crippen LogP) is 4.71. The van der Waals surface area contributed by atoms with Crippen LogP contribution < -0.4 is 15.0 Å². The molecule has 0 bridgehead atoms. The lowest BCUT2D eigenvalue weighted by atomic mass is 10.1. The highest BCUT2D eigenvalue weighted by molar-refractivity contribution is 7.71. The first-order chi connectivity index (χ1) is 12.9. The van der Waals surface area contributed by atoms with Gasteiger partial charge in [-0.25, -0.2) is 0 Å². The normalized spacial score (nSPS) is 12.3. The van der Waals surface area contributed by atoms with Crippen molar-refractivity contribution in [3.8, 4) is 11.5 Å². The van der Waals surface area contributed by atoms with E-state index >= 15 is 0 Å². The van der Waals surface area contributed by atoms with Gasteiger partial charge < -0.3 is 14.5 Å². The van der Waals surface area contributed by atoms with Crippen LogP contribution in [0.2, 0.25) is 0 Å². The van der Waals surface area contributed by atoms with Gasteiger partial charge in [0.15, 0.2) is 16.3 Å². The monoisotopic (exact) mass is 384 g/mol. The molecule has 0 fully saturated rings. The topological polar surface area (TPSA) is 56.2 Å². The second-order valence-electron chi connectivity index (χ2n) is 6.94. The number of benzene rings is 2. The summed E-state index contributed by atoms with van der Waals surface area (Å²) in [6.07, 6.45) is 0. The molecule has 5 nitrogen and oxygen atoms in total. The van der Waals surface area contributed by atoms with Crippen LogP contribution in [0.5, 0.6) is 11.5 Å². The average Bonchev–Trinajstić information content (AvgIpc) is 2.66. The molecule has 1 atom stereocenters. The van der Waals surface area contributed by atoms with Gasteiger partial charge in [0.1, 0.15) is 0 Å². The minimum absolute atomic E-state index is 0.110. The number of para-hydroxylation sites is 1. The maximum Gasteiger partial charge on any atom is 0.262 e. The van der Waals surface area contributed by atoms with E-state index in [9.17, 15) is 4.79 Å². The molecule has 1 N–H and O–H groups in total. The lowest BCUT2D eigenvalue weighted by Gasteiger charge is -2.19. The summed E-state index contributed by atoms with van der Waals surface area (Å²) in [6.45, 7) is 6.75. The first-order valence-corrected chi connectivity index (χ1v) is 9.37. The van der Waals surface area contributed by atoms with Crippen LogP contribution in [-0.4, -0.2) is 23.3 Å². The van der Waals surface area contributed by atoms with E-state index in [1.807, 2.05) is 43.3 Å². The van der Waals surface area contributed by atoms with Crippen LogP contribution in [0.4, 0.5) is 0 Å². The van der Waals surface area contributed by atoms with Gasteiger partial charge in [-0.05, 0) is 54.9 Å². The van der Waals surface area contributed by atoms with Crippen molar-refractivity contribution in [1.82, 2.24) is 9.55 Å². The summed E-state index contributed by atoms with van der Waals surface area (Å²) in [5.41, 5.74) is 1.55. The summed E-state index contributed by atoms with van der Waals surface area (Å²) in [5.74, 6) is 1.75. The Bertz CT molecular complexity index is 1070. The van der Waals surface area contributed by atoms with E-state index in [0.29, 0.717) is 34.2 Å². The molecule has 0 aliphatic heterocycles. The zero-order valence-electron chi connectivity index (χ0n) is 16.0. The van der Waals surface area contributed by atoms with Crippen LogP contribution in [0.25, 0.3) is 10.9 Å². The number of H-pyrrole nitrogens is 1. The van der Waals surface area contributed by atoms with Crippen LogP contribution in [0, 0.1) is 10.7 Å². The van der Waals surface area contributed by atoms with Gasteiger partial charge >= 0.3 is 0 Å². The van der Waals surface area contributed by atoms with Crippen molar-refractivity contribution in [3.05, 3.63) is 63.2 Å². The number of nitrogens with zero attached hydrogens (tertiary/aromatic N) is 1. The minimum Gasteiger partial charge on any atom is -0.493 e. The van der Waals surface area contributed by atoms with Crippen molar-refractivity contribution < 1.29 is 9.47 Å². The summed E-state index contributed by atoms with van der Waals surface area (Å²) < 4.78 is 13.3. The van der Waals surface area contributed by atoms with E-state index in [4.69, 9.17) is 21.7 Å². The third-order valence-electron chi connectivity index (χ3n) is 4.47. The molecule has 0 spiro atoms. The van der Waals surface area contributed by atoms with Crippen LogP contribution in [0.1, 0.15) is 32.4 Å². The van der Waals surface area contributed by atoms with Crippen LogP contribution in [0.15, 0.2) is 47.3 Å². The SMILES string of the molecule is COc1cc([C@@H](C)n2c(=S)[nH]c3ccccc3c2=O)ccc1OCC(C)C. The van der Waals surface area contributed by atoms with E-state index < -0.39 is 0 Å². The predicted molar refractivity (Wildman–Crippen MR) is 111 cm³/mol. The number of rotatable bonds is 6. The third-order valence-corrected chi connectivity index (χ3v) is 4.76. The first kappa shape index (κ1) is 19.2. The number of hydrogen-bond donors (Lipinski definition) is 1. The summed E-state index contributed by atoms with van der Waals surface area (Å²) in [5, 5.41) is 0.613. The maximum absolute atomic E-state index is 13.0. The summed E-state index contributed by atoms with van der Waals surface area (Å²) in [6, 6.07) is 12.9. The zero-order chi connectivity index (χ0) is 19.6. The largest absolute Gasteiger partial charge is 0.493 e. The number of ether oxygens (including phenoxy) is 2. The number of nitrogens with one attached hydrogen (secondary N) is 1. The van der Waals surface area contributed by atoms with E-state index in [2.05, 4.69) is 18.8 Å². The van der Waals surface area contributed by atoms with E-state index in [-0.39, 0.29) is 11.6 Å². The Morgan fingerprint density at radius 3 is 2.56 bits per heavy atom. The fraction of sp³-hybridized carbons (Fsp3) is 0.333. The molecular formula is C21H24N2O3S. The third kappa shape index (κ3) is 3.90. The van der Waals surface area contributed by atoms with Gasteiger partial charge in [-0.3, -0.25) is 9.36 Å². The lowest BCUT2D eigenvalue weighted by Crippen LogP contribution is -2.25. The fourth-order valence-corrected chi connectivity index (χ4v) is 3.35. The average molecular weight is 385 g/mol.